The Bertz CT molecular complexity index is 920. The van der Waals surface area contributed by atoms with Gasteiger partial charge in [-0.15, -0.1) is 0 Å². The predicted molar refractivity (Wildman–Crippen MR) is 99.4 cm³/mol. The van der Waals surface area contributed by atoms with Crippen molar-refractivity contribution in [3.8, 4) is 0 Å². The van der Waals surface area contributed by atoms with Crippen LogP contribution in [0, 0.1) is 0 Å². The molecule has 3 aromatic carbocycles. The highest BCUT2D eigenvalue weighted by Crippen LogP contribution is 2.47. The highest BCUT2D eigenvalue weighted by atomic mass is 32.2. The van der Waals surface area contributed by atoms with Crippen LogP contribution in [0.2, 0.25) is 0 Å². The van der Waals surface area contributed by atoms with E-state index in [0.29, 0.717) is 13.2 Å². The zero-order chi connectivity index (χ0) is 16.7. The average Bonchev–Trinajstić information content (AvgIpc) is 3.18. The molecule has 5 rings (SSSR count). The number of hydrogen-bond donors (Lipinski definition) is 1. The second kappa shape index (κ2) is 5.92. The summed E-state index contributed by atoms with van der Waals surface area (Å²) in [6.07, 6.45) is 0. The van der Waals surface area contributed by atoms with Gasteiger partial charge in [0.2, 0.25) is 5.79 Å². The summed E-state index contributed by atoms with van der Waals surface area (Å²) in [6, 6.07) is 24.9. The van der Waals surface area contributed by atoms with E-state index in [4.69, 9.17) is 9.47 Å². The molecule has 0 radical (unpaired) electrons. The third-order valence-electron chi connectivity index (χ3n) is 4.58. The molecule has 3 aromatic rings. The standard InChI is InChI=1S/C21H17NO2S/c1-2-6-15(7-3-1)21(23-12-13-24-21)16-10-11-20-18(14-16)22-17-8-4-5-9-19(17)25-20/h1-11,14,22H,12-13H2. The second-order valence-corrected chi connectivity index (χ2v) is 7.20. The summed E-state index contributed by atoms with van der Waals surface area (Å²) in [5.41, 5.74) is 4.27. The highest BCUT2D eigenvalue weighted by Gasteiger charge is 2.41. The topological polar surface area (TPSA) is 30.5 Å². The minimum atomic E-state index is -0.820. The fourth-order valence-corrected chi connectivity index (χ4v) is 4.38. The molecule has 0 amide bonds. The third-order valence-corrected chi connectivity index (χ3v) is 5.74. The molecule has 0 aromatic heterocycles. The van der Waals surface area contributed by atoms with Gasteiger partial charge in [0, 0.05) is 20.9 Å². The molecule has 3 nitrogen and oxygen atoms in total. The van der Waals surface area contributed by atoms with Crippen LogP contribution in [-0.4, -0.2) is 13.2 Å². The molecule has 0 saturated carbocycles. The number of fused-ring (bicyclic) bond motifs is 2. The molecule has 0 aliphatic carbocycles. The van der Waals surface area contributed by atoms with Crippen molar-refractivity contribution in [1.29, 1.82) is 0 Å². The monoisotopic (exact) mass is 347 g/mol. The van der Waals surface area contributed by atoms with Crippen molar-refractivity contribution in [2.75, 3.05) is 18.5 Å². The first-order valence-corrected chi connectivity index (χ1v) is 9.19. The lowest BCUT2D eigenvalue weighted by molar-refractivity contribution is -0.129. The van der Waals surface area contributed by atoms with Crippen LogP contribution in [0.5, 0.6) is 0 Å². The summed E-state index contributed by atoms with van der Waals surface area (Å²) < 4.78 is 12.2. The lowest BCUT2D eigenvalue weighted by Gasteiger charge is -2.30. The van der Waals surface area contributed by atoms with E-state index in [-0.39, 0.29) is 0 Å². The van der Waals surface area contributed by atoms with Crippen LogP contribution in [0.1, 0.15) is 11.1 Å². The minimum Gasteiger partial charge on any atom is -0.354 e. The highest BCUT2D eigenvalue weighted by molar-refractivity contribution is 7.99. The summed E-state index contributed by atoms with van der Waals surface area (Å²) in [6.45, 7) is 1.19. The summed E-state index contributed by atoms with van der Waals surface area (Å²) in [5.74, 6) is -0.820. The molecular formula is C21H17NO2S. The number of nitrogens with one attached hydrogen (secondary N) is 1. The van der Waals surface area contributed by atoms with Crippen LogP contribution in [0.15, 0.2) is 82.6 Å². The number of rotatable bonds is 2. The molecule has 0 unspecified atom stereocenters. The number of hydrogen-bond acceptors (Lipinski definition) is 4. The van der Waals surface area contributed by atoms with E-state index in [1.807, 2.05) is 18.2 Å². The van der Waals surface area contributed by atoms with Gasteiger partial charge in [0.05, 0.1) is 24.6 Å². The van der Waals surface area contributed by atoms with Crippen molar-refractivity contribution < 1.29 is 9.47 Å². The fourth-order valence-electron chi connectivity index (χ4n) is 3.41. The first kappa shape index (κ1) is 15.0. The Morgan fingerprint density at radius 3 is 2.28 bits per heavy atom. The van der Waals surface area contributed by atoms with Crippen molar-refractivity contribution >= 4 is 23.1 Å². The maximum atomic E-state index is 6.12. The first-order chi connectivity index (χ1) is 12.4. The lowest BCUT2D eigenvalue weighted by atomic mass is 9.96. The number of ether oxygens (including phenoxy) is 2. The third kappa shape index (κ3) is 2.45. The fraction of sp³-hybridized carbons (Fsp3) is 0.143. The quantitative estimate of drug-likeness (QED) is 0.544. The van der Waals surface area contributed by atoms with Crippen LogP contribution >= 0.6 is 11.8 Å². The lowest BCUT2D eigenvalue weighted by Crippen LogP contribution is -2.28. The molecule has 2 aliphatic heterocycles. The normalized spacial score (nSPS) is 17.4. The van der Waals surface area contributed by atoms with Crippen LogP contribution < -0.4 is 5.32 Å². The zero-order valence-electron chi connectivity index (χ0n) is 13.6. The van der Waals surface area contributed by atoms with Crippen LogP contribution in [-0.2, 0) is 15.3 Å². The van der Waals surface area contributed by atoms with E-state index in [0.717, 1.165) is 22.5 Å². The Morgan fingerprint density at radius 1 is 0.720 bits per heavy atom. The van der Waals surface area contributed by atoms with Crippen LogP contribution in [0.25, 0.3) is 0 Å². The molecule has 0 atom stereocenters. The molecule has 1 N–H and O–H groups in total. The van der Waals surface area contributed by atoms with E-state index >= 15 is 0 Å². The van der Waals surface area contributed by atoms with Gasteiger partial charge in [0.1, 0.15) is 0 Å². The van der Waals surface area contributed by atoms with Gasteiger partial charge in [-0.3, -0.25) is 0 Å². The Balaban J connectivity index is 1.59. The van der Waals surface area contributed by atoms with Crippen molar-refractivity contribution in [2.45, 2.75) is 15.6 Å². The summed E-state index contributed by atoms with van der Waals surface area (Å²) in [5, 5.41) is 3.54. The number of anilines is 2. The maximum Gasteiger partial charge on any atom is 0.222 e. The minimum absolute atomic E-state index is 0.594. The van der Waals surface area contributed by atoms with Crippen molar-refractivity contribution in [1.82, 2.24) is 0 Å². The Hall–Kier alpha value is -2.27. The summed E-state index contributed by atoms with van der Waals surface area (Å²) in [7, 11) is 0. The smallest absolute Gasteiger partial charge is 0.222 e. The van der Waals surface area contributed by atoms with Gasteiger partial charge in [-0.2, -0.15) is 0 Å². The van der Waals surface area contributed by atoms with Gasteiger partial charge in [0.25, 0.3) is 0 Å². The van der Waals surface area contributed by atoms with Crippen molar-refractivity contribution in [3.05, 3.63) is 83.9 Å². The largest absolute Gasteiger partial charge is 0.354 e. The van der Waals surface area contributed by atoms with Crippen molar-refractivity contribution in [3.63, 3.8) is 0 Å². The molecule has 2 aliphatic rings. The molecule has 124 valence electrons. The van der Waals surface area contributed by atoms with Gasteiger partial charge in [0.15, 0.2) is 0 Å². The van der Waals surface area contributed by atoms with E-state index < -0.39 is 5.79 Å². The van der Waals surface area contributed by atoms with Gasteiger partial charge >= 0.3 is 0 Å². The van der Waals surface area contributed by atoms with Crippen molar-refractivity contribution in [2.24, 2.45) is 0 Å². The van der Waals surface area contributed by atoms with E-state index in [1.54, 1.807) is 11.8 Å². The van der Waals surface area contributed by atoms with Gasteiger partial charge in [-0.05, 0) is 24.3 Å². The van der Waals surface area contributed by atoms with Gasteiger partial charge in [-0.25, -0.2) is 0 Å². The number of benzene rings is 3. The maximum absolute atomic E-state index is 6.12. The average molecular weight is 347 g/mol. The van der Waals surface area contributed by atoms with Gasteiger partial charge in [-0.1, -0.05) is 60.3 Å². The van der Waals surface area contributed by atoms with E-state index in [2.05, 4.69) is 59.9 Å². The van der Waals surface area contributed by atoms with Crippen LogP contribution in [0.4, 0.5) is 11.4 Å². The van der Waals surface area contributed by atoms with E-state index in [9.17, 15) is 0 Å². The zero-order valence-corrected chi connectivity index (χ0v) is 14.4. The Labute approximate surface area is 151 Å². The Kier molecular flexibility index (Phi) is 3.55. The summed E-state index contributed by atoms with van der Waals surface area (Å²) >= 11 is 1.78. The molecule has 25 heavy (non-hydrogen) atoms. The molecule has 2 heterocycles. The van der Waals surface area contributed by atoms with E-state index in [1.165, 1.54) is 9.79 Å². The number of para-hydroxylation sites is 1. The molecule has 1 saturated heterocycles. The Morgan fingerprint density at radius 2 is 1.44 bits per heavy atom. The molecule has 0 bridgehead atoms. The predicted octanol–water partition coefficient (Wildman–Crippen LogP) is 5.14. The molecule has 0 spiro atoms. The van der Waals surface area contributed by atoms with Gasteiger partial charge < -0.3 is 14.8 Å². The first-order valence-electron chi connectivity index (χ1n) is 8.37. The molecule has 1 fully saturated rings. The second-order valence-electron chi connectivity index (χ2n) is 6.11. The molecule has 4 heteroatoms. The molecular weight excluding hydrogens is 330 g/mol. The SMILES string of the molecule is c1ccc(C2(c3ccc4c(c3)Nc3ccccc3S4)OCCO2)cc1. The van der Waals surface area contributed by atoms with Crippen LogP contribution in [0.3, 0.4) is 0 Å². The summed E-state index contributed by atoms with van der Waals surface area (Å²) in [4.78, 5) is 2.46.